The third kappa shape index (κ3) is 5.78. The highest BCUT2D eigenvalue weighted by molar-refractivity contribution is 6.04. The Hall–Kier alpha value is -4.00. The first-order valence-corrected chi connectivity index (χ1v) is 10.0. The van der Waals surface area contributed by atoms with Crippen LogP contribution in [0.1, 0.15) is 44.8 Å². The molecule has 3 rings (SSSR count). The zero-order valence-electron chi connectivity index (χ0n) is 17.7. The van der Waals surface area contributed by atoms with Crippen LogP contribution in [0, 0.1) is 12.7 Å². The molecule has 0 aliphatic heterocycles. The molecular weight excluding hydrogens is 411 g/mol. The molecule has 1 unspecified atom stereocenters. The summed E-state index contributed by atoms with van der Waals surface area (Å²) >= 11 is 0. The van der Waals surface area contributed by atoms with Gasteiger partial charge < -0.3 is 15.4 Å². The molecule has 0 aliphatic carbocycles. The van der Waals surface area contributed by atoms with Gasteiger partial charge in [-0.25, -0.2) is 9.18 Å². The van der Waals surface area contributed by atoms with Gasteiger partial charge in [0.05, 0.1) is 22.9 Å². The Morgan fingerprint density at radius 2 is 1.66 bits per heavy atom. The largest absolute Gasteiger partial charge is 0.452 e. The summed E-state index contributed by atoms with van der Waals surface area (Å²) in [6.45, 7) is 2.86. The summed E-state index contributed by atoms with van der Waals surface area (Å²) in [5.41, 5.74) is 1.91. The third-order valence-corrected chi connectivity index (χ3v) is 4.83. The molecule has 0 fully saturated rings. The van der Waals surface area contributed by atoms with Crippen LogP contribution in [0.4, 0.5) is 10.1 Å². The van der Waals surface area contributed by atoms with Gasteiger partial charge in [0.2, 0.25) is 0 Å². The minimum Gasteiger partial charge on any atom is -0.452 e. The molecule has 1 atom stereocenters. The second kappa shape index (κ2) is 10.3. The highest BCUT2D eigenvalue weighted by Gasteiger charge is 2.17. The first-order valence-electron chi connectivity index (χ1n) is 10.0. The van der Waals surface area contributed by atoms with Crippen molar-refractivity contribution in [2.24, 2.45) is 0 Å². The van der Waals surface area contributed by atoms with Gasteiger partial charge in [-0.3, -0.25) is 9.59 Å². The van der Waals surface area contributed by atoms with E-state index in [-0.39, 0.29) is 28.8 Å². The maximum absolute atomic E-state index is 13.6. The number of aryl methyl sites for hydroxylation is 1. The van der Waals surface area contributed by atoms with Crippen LogP contribution in [0.3, 0.4) is 0 Å². The SMILES string of the molecule is Cc1ccc(C(=O)OCC(=O)Nc2ccccc2C(=O)NC(C)c2ccccc2)cc1F. The maximum Gasteiger partial charge on any atom is 0.338 e. The molecule has 3 aromatic rings. The monoisotopic (exact) mass is 434 g/mol. The quantitative estimate of drug-likeness (QED) is 0.539. The number of carbonyl (C=O) groups excluding carboxylic acids is 3. The lowest BCUT2D eigenvalue weighted by Gasteiger charge is -2.16. The van der Waals surface area contributed by atoms with Crippen LogP contribution in [0.2, 0.25) is 0 Å². The number of hydrogen-bond donors (Lipinski definition) is 2. The van der Waals surface area contributed by atoms with E-state index in [1.807, 2.05) is 37.3 Å². The predicted molar refractivity (Wildman–Crippen MR) is 119 cm³/mol. The van der Waals surface area contributed by atoms with Crippen molar-refractivity contribution in [1.82, 2.24) is 5.32 Å². The number of esters is 1. The molecule has 0 saturated carbocycles. The molecule has 0 heterocycles. The second-order valence-electron chi connectivity index (χ2n) is 7.24. The Morgan fingerprint density at radius 1 is 0.969 bits per heavy atom. The van der Waals surface area contributed by atoms with E-state index in [1.54, 1.807) is 31.2 Å². The van der Waals surface area contributed by atoms with E-state index in [1.165, 1.54) is 12.1 Å². The number of anilines is 1. The third-order valence-electron chi connectivity index (χ3n) is 4.83. The van der Waals surface area contributed by atoms with Gasteiger partial charge in [-0.1, -0.05) is 48.5 Å². The summed E-state index contributed by atoms with van der Waals surface area (Å²) in [6, 6.07) is 19.7. The summed E-state index contributed by atoms with van der Waals surface area (Å²) < 4.78 is 18.6. The number of ether oxygens (including phenoxy) is 1. The smallest absolute Gasteiger partial charge is 0.338 e. The van der Waals surface area contributed by atoms with E-state index in [0.29, 0.717) is 5.56 Å². The molecule has 0 saturated heterocycles. The second-order valence-corrected chi connectivity index (χ2v) is 7.24. The topological polar surface area (TPSA) is 84.5 Å². The molecule has 7 heteroatoms. The number of halogens is 1. The summed E-state index contributed by atoms with van der Waals surface area (Å²) in [5.74, 6) is -2.33. The zero-order chi connectivity index (χ0) is 23.1. The van der Waals surface area contributed by atoms with Crippen molar-refractivity contribution in [3.63, 3.8) is 0 Å². The fraction of sp³-hybridized carbons (Fsp3) is 0.160. The number of para-hydroxylation sites is 1. The van der Waals surface area contributed by atoms with Crippen molar-refractivity contribution in [2.75, 3.05) is 11.9 Å². The van der Waals surface area contributed by atoms with Crippen LogP contribution in [-0.4, -0.2) is 24.4 Å². The number of hydrogen-bond acceptors (Lipinski definition) is 4. The summed E-state index contributed by atoms with van der Waals surface area (Å²) in [6.07, 6.45) is 0. The van der Waals surface area contributed by atoms with Gasteiger partial charge >= 0.3 is 5.97 Å². The lowest BCUT2D eigenvalue weighted by molar-refractivity contribution is -0.119. The number of benzene rings is 3. The van der Waals surface area contributed by atoms with Crippen LogP contribution < -0.4 is 10.6 Å². The molecule has 6 nitrogen and oxygen atoms in total. The lowest BCUT2D eigenvalue weighted by atomic mass is 10.1. The molecule has 32 heavy (non-hydrogen) atoms. The number of carbonyl (C=O) groups is 3. The first kappa shape index (κ1) is 22.7. The molecule has 2 amide bonds. The molecule has 0 radical (unpaired) electrons. The van der Waals surface area contributed by atoms with Crippen molar-refractivity contribution in [3.05, 3.63) is 101 Å². The van der Waals surface area contributed by atoms with Crippen molar-refractivity contribution < 1.29 is 23.5 Å². The normalized spacial score (nSPS) is 11.3. The van der Waals surface area contributed by atoms with Gasteiger partial charge in [-0.05, 0) is 49.2 Å². The zero-order valence-corrected chi connectivity index (χ0v) is 17.7. The summed E-state index contributed by atoms with van der Waals surface area (Å²) in [5, 5.41) is 5.48. The summed E-state index contributed by atoms with van der Waals surface area (Å²) in [7, 11) is 0. The van der Waals surface area contributed by atoms with Crippen LogP contribution in [0.5, 0.6) is 0 Å². The predicted octanol–water partition coefficient (Wildman–Crippen LogP) is 4.42. The number of amides is 2. The van der Waals surface area contributed by atoms with Gasteiger partial charge in [-0.2, -0.15) is 0 Å². The van der Waals surface area contributed by atoms with E-state index >= 15 is 0 Å². The van der Waals surface area contributed by atoms with Crippen molar-refractivity contribution >= 4 is 23.5 Å². The molecule has 0 spiro atoms. The van der Waals surface area contributed by atoms with E-state index in [4.69, 9.17) is 4.74 Å². The Labute approximate surface area is 185 Å². The molecule has 0 aliphatic rings. The fourth-order valence-electron chi connectivity index (χ4n) is 3.01. The van der Waals surface area contributed by atoms with E-state index in [2.05, 4.69) is 10.6 Å². The Balaban J connectivity index is 1.61. The van der Waals surface area contributed by atoms with Gasteiger partial charge in [0.25, 0.3) is 11.8 Å². The van der Waals surface area contributed by atoms with Crippen LogP contribution in [0.15, 0.2) is 72.8 Å². The van der Waals surface area contributed by atoms with Crippen molar-refractivity contribution in [1.29, 1.82) is 0 Å². The Kier molecular flexibility index (Phi) is 7.33. The van der Waals surface area contributed by atoms with E-state index in [9.17, 15) is 18.8 Å². The maximum atomic E-state index is 13.6. The Morgan fingerprint density at radius 3 is 2.38 bits per heavy atom. The minimum atomic E-state index is -0.818. The van der Waals surface area contributed by atoms with Gasteiger partial charge in [0.15, 0.2) is 6.61 Å². The van der Waals surface area contributed by atoms with Gasteiger partial charge in [0.1, 0.15) is 5.82 Å². The van der Waals surface area contributed by atoms with Gasteiger partial charge in [-0.15, -0.1) is 0 Å². The van der Waals surface area contributed by atoms with E-state index < -0.39 is 24.3 Å². The Bertz CT molecular complexity index is 1130. The van der Waals surface area contributed by atoms with Crippen molar-refractivity contribution in [2.45, 2.75) is 19.9 Å². The highest BCUT2D eigenvalue weighted by Crippen LogP contribution is 2.18. The van der Waals surface area contributed by atoms with Gasteiger partial charge in [0, 0.05) is 0 Å². The molecule has 0 aromatic heterocycles. The molecule has 0 bridgehead atoms. The van der Waals surface area contributed by atoms with Crippen LogP contribution in [0.25, 0.3) is 0 Å². The van der Waals surface area contributed by atoms with Crippen LogP contribution >= 0.6 is 0 Å². The first-order chi connectivity index (χ1) is 15.3. The lowest BCUT2D eigenvalue weighted by Crippen LogP contribution is -2.28. The molecule has 164 valence electrons. The molecular formula is C25H23FN2O4. The van der Waals surface area contributed by atoms with Crippen molar-refractivity contribution in [3.8, 4) is 0 Å². The molecule has 2 N–H and O–H groups in total. The average Bonchev–Trinajstić information content (AvgIpc) is 2.80. The highest BCUT2D eigenvalue weighted by atomic mass is 19.1. The van der Waals surface area contributed by atoms with Crippen LogP contribution in [-0.2, 0) is 9.53 Å². The summed E-state index contributed by atoms with van der Waals surface area (Å²) in [4.78, 5) is 37.1. The minimum absolute atomic E-state index is 0.00979. The number of nitrogens with one attached hydrogen (secondary N) is 2. The molecule has 3 aromatic carbocycles. The fourth-order valence-corrected chi connectivity index (χ4v) is 3.01. The standard InChI is InChI=1S/C25H23FN2O4/c1-16-12-13-19(14-21(16)26)25(31)32-15-23(29)28-22-11-7-6-10-20(22)24(30)27-17(2)18-8-4-3-5-9-18/h3-14,17H,15H2,1-2H3,(H,27,30)(H,28,29). The average molecular weight is 434 g/mol. The number of rotatable bonds is 7. The van der Waals surface area contributed by atoms with E-state index in [0.717, 1.165) is 11.6 Å².